The van der Waals surface area contributed by atoms with Crippen LogP contribution >= 0.6 is 0 Å². The van der Waals surface area contributed by atoms with Crippen LogP contribution in [0.3, 0.4) is 0 Å². The van der Waals surface area contributed by atoms with E-state index in [1.165, 1.54) is 0 Å². The van der Waals surface area contributed by atoms with E-state index in [-0.39, 0.29) is 11.9 Å². The van der Waals surface area contributed by atoms with Crippen LogP contribution < -0.4 is 4.74 Å². The maximum atomic E-state index is 11.4. The van der Waals surface area contributed by atoms with Gasteiger partial charge >= 0.3 is 0 Å². The predicted octanol–water partition coefficient (Wildman–Crippen LogP) is 3.41. The van der Waals surface area contributed by atoms with Gasteiger partial charge in [0.25, 0.3) is 0 Å². The third-order valence-corrected chi connectivity index (χ3v) is 3.39. The molecule has 0 bridgehead atoms. The predicted molar refractivity (Wildman–Crippen MR) is 77.8 cm³/mol. The number of aryl methyl sites for hydroxylation is 1. The van der Waals surface area contributed by atoms with Crippen LogP contribution in [0.25, 0.3) is 10.9 Å². The first kappa shape index (κ1) is 13.7. The van der Waals surface area contributed by atoms with Crippen LogP contribution in [0.4, 0.5) is 0 Å². The Kier molecular flexibility index (Phi) is 3.65. The standard InChI is InChI=1S/C16H21NO2/c1-10(2)19-13-6-7-16-15(9-13)14(8-11(3)18)12(4)17(16)5/h6-7,9-10H,8H2,1-5H3. The zero-order valence-electron chi connectivity index (χ0n) is 12.3. The summed E-state index contributed by atoms with van der Waals surface area (Å²) in [7, 11) is 2.03. The number of carbonyl (C=O) groups is 1. The fraction of sp³-hybridized carbons (Fsp3) is 0.438. The number of hydrogen-bond donors (Lipinski definition) is 0. The highest BCUT2D eigenvalue weighted by molar-refractivity contribution is 5.91. The van der Waals surface area contributed by atoms with Crippen molar-refractivity contribution in [3.8, 4) is 5.75 Å². The van der Waals surface area contributed by atoms with Gasteiger partial charge < -0.3 is 9.30 Å². The minimum Gasteiger partial charge on any atom is -0.491 e. The normalized spacial score (nSPS) is 11.3. The SMILES string of the molecule is CC(=O)Cc1c(C)n(C)c2ccc(OC(C)C)cc12. The van der Waals surface area contributed by atoms with Crippen LogP contribution in [-0.4, -0.2) is 16.5 Å². The summed E-state index contributed by atoms with van der Waals surface area (Å²) in [5, 5.41) is 1.12. The Bertz CT molecular complexity index is 623. The molecule has 1 aromatic carbocycles. The largest absolute Gasteiger partial charge is 0.491 e. The Morgan fingerprint density at radius 3 is 2.63 bits per heavy atom. The number of hydrogen-bond acceptors (Lipinski definition) is 2. The molecule has 2 aromatic rings. The summed E-state index contributed by atoms with van der Waals surface area (Å²) in [6.07, 6.45) is 0.632. The summed E-state index contributed by atoms with van der Waals surface area (Å²) in [5.74, 6) is 1.05. The van der Waals surface area contributed by atoms with E-state index in [1.54, 1.807) is 6.92 Å². The highest BCUT2D eigenvalue weighted by Crippen LogP contribution is 2.29. The maximum Gasteiger partial charge on any atom is 0.134 e. The molecule has 0 aliphatic carbocycles. The van der Waals surface area contributed by atoms with Crippen LogP contribution in [0.15, 0.2) is 18.2 Å². The Morgan fingerprint density at radius 1 is 1.37 bits per heavy atom. The molecule has 0 spiro atoms. The number of carbonyl (C=O) groups excluding carboxylic acids is 1. The van der Waals surface area contributed by atoms with Crippen molar-refractivity contribution in [1.29, 1.82) is 0 Å². The fourth-order valence-electron chi connectivity index (χ4n) is 2.44. The smallest absolute Gasteiger partial charge is 0.134 e. The topological polar surface area (TPSA) is 31.2 Å². The van der Waals surface area contributed by atoms with Gasteiger partial charge in [-0.1, -0.05) is 0 Å². The minimum absolute atomic E-state index is 0.151. The Labute approximate surface area is 114 Å². The van der Waals surface area contributed by atoms with Crippen molar-refractivity contribution in [3.05, 3.63) is 29.5 Å². The lowest BCUT2D eigenvalue weighted by Gasteiger charge is -2.10. The number of Topliss-reactive ketones (excluding diaryl/α,β-unsaturated/α-hetero) is 1. The zero-order chi connectivity index (χ0) is 14.2. The third-order valence-electron chi connectivity index (χ3n) is 3.39. The van der Waals surface area contributed by atoms with Gasteiger partial charge in [0.2, 0.25) is 0 Å². The number of aromatic nitrogens is 1. The third kappa shape index (κ3) is 2.65. The summed E-state index contributed by atoms with van der Waals surface area (Å²) in [6.45, 7) is 7.71. The molecule has 1 heterocycles. The van der Waals surface area contributed by atoms with Crippen molar-refractivity contribution < 1.29 is 9.53 Å². The van der Waals surface area contributed by atoms with E-state index < -0.39 is 0 Å². The number of benzene rings is 1. The first-order valence-electron chi connectivity index (χ1n) is 6.64. The molecule has 0 radical (unpaired) electrons. The Morgan fingerprint density at radius 2 is 2.05 bits per heavy atom. The van der Waals surface area contributed by atoms with Gasteiger partial charge in [0.15, 0.2) is 0 Å². The average molecular weight is 259 g/mol. The quantitative estimate of drug-likeness (QED) is 0.842. The summed E-state index contributed by atoms with van der Waals surface area (Å²) in [6, 6.07) is 6.09. The van der Waals surface area contributed by atoms with Gasteiger partial charge in [0.1, 0.15) is 11.5 Å². The number of ketones is 1. The molecule has 1 aromatic heterocycles. The lowest BCUT2D eigenvalue weighted by molar-refractivity contribution is -0.116. The summed E-state index contributed by atoms with van der Waals surface area (Å²) in [4.78, 5) is 11.4. The van der Waals surface area contributed by atoms with Crippen molar-refractivity contribution in [3.63, 3.8) is 0 Å². The molecule has 0 amide bonds. The second-order valence-electron chi connectivity index (χ2n) is 5.35. The summed E-state index contributed by atoms with van der Waals surface area (Å²) >= 11 is 0. The van der Waals surface area contributed by atoms with E-state index in [4.69, 9.17) is 4.74 Å². The van der Waals surface area contributed by atoms with Gasteiger partial charge in [0.05, 0.1) is 6.10 Å². The molecule has 0 saturated carbocycles. The monoisotopic (exact) mass is 259 g/mol. The molecule has 19 heavy (non-hydrogen) atoms. The molecule has 0 aliphatic rings. The van der Waals surface area contributed by atoms with Gasteiger partial charge in [-0.3, -0.25) is 4.79 Å². The molecule has 0 atom stereocenters. The molecule has 3 heteroatoms. The van der Waals surface area contributed by atoms with E-state index >= 15 is 0 Å². The number of rotatable bonds is 4. The van der Waals surface area contributed by atoms with Gasteiger partial charge in [-0.15, -0.1) is 0 Å². The van der Waals surface area contributed by atoms with Crippen LogP contribution in [0, 0.1) is 6.92 Å². The molecular weight excluding hydrogens is 238 g/mol. The number of ether oxygens (including phenoxy) is 1. The van der Waals surface area contributed by atoms with Gasteiger partial charge in [0, 0.05) is 30.1 Å². The second-order valence-corrected chi connectivity index (χ2v) is 5.35. The molecule has 0 unspecified atom stereocenters. The van der Waals surface area contributed by atoms with Crippen LogP contribution in [-0.2, 0) is 18.3 Å². The van der Waals surface area contributed by atoms with Crippen molar-refractivity contribution in [1.82, 2.24) is 4.57 Å². The highest BCUT2D eigenvalue weighted by atomic mass is 16.5. The molecule has 0 aliphatic heterocycles. The Balaban J connectivity index is 2.58. The Hall–Kier alpha value is -1.77. The van der Waals surface area contributed by atoms with Crippen molar-refractivity contribution >= 4 is 16.7 Å². The lowest BCUT2D eigenvalue weighted by Crippen LogP contribution is -2.05. The van der Waals surface area contributed by atoms with Crippen LogP contribution in [0.2, 0.25) is 0 Å². The van der Waals surface area contributed by atoms with Gasteiger partial charge in [-0.05, 0) is 51.5 Å². The van der Waals surface area contributed by atoms with E-state index in [1.807, 2.05) is 33.0 Å². The van der Waals surface area contributed by atoms with Crippen LogP contribution in [0.1, 0.15) is 32.0 Å². The molecule has 0 saturated heterocycles. The average Bonchev–Trinajstić information content (AvgIpc) is 2.53. The van der Waals surface area contributed by atoms with E-state index in [0.29, 0.717) is 6.42 Å². The molecule has 2 rings (SSSR count). The lowest BCUT2D eigenvalue weighted by atomic mass is 10.1. The van der Waals surface area contributed by atoms with Crippen molar-refractivity contribution in [2.45, 2.75) is 40.2 Å². The number of nitrogens with zero attached hydrogens (tertiary/aromatic N) is 1. The summed E-state index contributed by atoms with van der Waals surface area (Å²) in [5.41, 5.74) is 3.40. The molecule has 3 nitrogen and oxygen atoms in total. The second kappa shape index (κ2) is 5.08. The molecular formula is C16H21NO2. The van der Waals surface area contributed by atoms with E-state index in [0.717, 1.165) is 27.9 Å². The molecule has 0 N–H and O–H groups in total. The van der Waals surface area contributed by atoms with E-state index in [9.17, 15) is 4.79 Å². The van der Waals surface area contributed by atoms with Crippen LogP contribution in [0.5, 0.6) is 5.75 Å². The number of fused-ring (bicyclic) bond motifs is 1. The van der Waals surface area contributed by atoms with Crippen molar-refractivity contribution in [2.24, 2.45) is 7.05 Å². The van der Waals surface area contributed by atoms with Gasteiger partial charge in [-0.25, -0.2) is 0 Å². The molecule has 0 fully saturated rings. The molecule has 102 valence electrons. The highest BCUT2D eigenvalue weighted by Gasteiger charge is 2.14. The van der Waals surface area contributed by atoms with E-state index in [2.05, 4.69) is 17.6 Å². The summed E-state index contributed by atoms with van der Waals surface area (Å²) < 4.78 is 7.87. The first-order chi connectivity index (χ1) is 8.90. The maximum absolute atomic E-state index is 11.4. The zero-order valence-corrected chi connectivity index (χ0v) is 12.3. The van der Waals surface area contributed by atoms with Gasteiger partial charge in [-0.2, -0.15) is 0 Å². The first-order valence-corrected chi connectivity index (χ1v) is 6.64. The van der Waals surface area contributed by atoms with Crippen molar-refractivity contribution in [2.75, 3.05) is 0 Å². The minimum atomic E-state index is 0.151. The fourth-order valence-corrected chi connectivity index (χ4v) is 2.44.